The van der Waals surface area contributed by atoms with Crippen LogP contribution in [0.15, 0.2) is 24.3 Å². The second kappa shape index (κ2) is 6.30. The Labute approximate surface area is 108 Å². The Morgan fingerprint density at radius 1 is 1.44 bits per heavy atom. The van der Waals surface area contributed by atoms with Crippen molar-refractivity contribution < 1.29 is 9.13 Å². The second-order valence-electron chi connectivity index (χ2n) is 5.24. The third-order valence-electron chi connectivity index (χ3n) is 3.62. The number of nitrogens with two attached hydrogens (primary N) is 1. The summed E-state index contributed by atoms with van der Waals surface area (Å²) in [6, 6.07) is 6.84. The zero-order chi connectivity index (χ0) is 13.0. The van der Waals surface area contributed by atoms with E-state index in [9.17, 15) is 4.39 Å². The zero-order valence-electron chi connectivity index (χ0n) is 10.9. The summed E-state index contributed by atoms with van der Waals surface area (Å²) in [6.45, 7) is 2.83. The summed E-state index contributed by atoms with van der Waals surface area (Å²) in [5.74, 6) is 0.505. The fraction of sp³-hybridized carbons (Fsp3) is 0.600. The van der Waals surface area contributed by atoms with Gasteiger partial charge < -0.3 is 10.5 Å². The van der Waals surface area contributed by atoms with Crippen molar-refractivity contribution in [2.75, 3.05) is 6.61 Å². The third kappa shape index (κ3) is 3.79. The summed E-state index contributed by atoms with van der Waals surface area (Å²) in [6.07, 6.45) is 4.48. The van der Waals surface area contributed by atoms with Crippen molar-refractivity contribution in [3.05, 3.63) is 35.6 Å². The number of rotatable bonds is 6. The van der Waals surface area contributed by atoms with E-state index in [4.69, 9.17) is 10.5 Å². The smallest absolute Gasteiger partial charge is 0.123 e. The predicted octanol–water partition coefficient (Wildman–Crippen LogP) is 2.90. The molecule has 0 radical (unpaired) electrons. The van der Waals surface area contributed by atoms with E-state index in [-0.39, 0.29) is 11.9 Å². The summed E-state index contributed by atoms with van der Waals surface area (Å²) in [4.78, 5) is 0. The van der Waals surface area contributed by atoms with E-state index in [0.29, 0.717) is 12.0 Å². The predicted molar refractivity (Wildman–Crippen MR) is 70.8 cm³/mol. The maximum Gasteiger partial charge on any atom is 0.123 e. The largest absolute Gasteiger partial charge is 0.378 e. The minimum atomic E-state index is -0.181. The molecule has 1 unspecified atom stereocenters. The fourth-order valence-electron chi connectivity index (χ4n) is 2.72. The number of halogens is 1. The Balaban J connectivity index is 1.71. The molecule has 1 aromatic carbocycles. The van der Waals surface area contributed by atoms with E-state index in [1.54, 1.807) is 12.1 Å². The van der Waals surface area contributed by atoms with Gasteiger partial charge in [-0.2, -0.15) is 0 Å². The highest BCUT2D eigenvalue weighted by atomic mass is 19.1. The summed E-state index contributed by atoms with van der Waals surface area (Å²) in [5.41, 5.74) is 7.11. The van der Waals surface area contributed by atoms with Crippen LogP contribution >= 0.6 is 0 Å². The lowest BCUT2D eigenvalue weighted by Crippen LogP contribution is -2.36. The van der Waals surface area contributed by atoms with Gasteiger partial charge >= 0.3 is 0 Å². The first-order valence-corrected chi connectivity index (χ1v) is 6.79. The zero-order valence-corrected chi connectivity index (χ0v) is 10.9. The molecule has 1 aliphatic carbocycles. The molecule has 1 aliphatic rings. The molecule has 0 heterocycles. The molecule has 0 aromatic heterocycles. The molecule has 1 saturated carbocycles. The summed E-state index contributed by atoms with van der Waals surface area (Å²) >= 11 is 0. The lowest BCUT2D eigenvalue weighted by atomic mass is 9.77. The SMILES string of the molecule is CCOC1CC(CC(N)Cc2cccc(F)c2)C1. The van der Waals surface area contributed by atoms with Gasteiger partial charge in [-0.15, -0.1) is 0 Å². The molecular weight excluding hydrogens is 229 g/mol. The highest BCUT2D eigenvalue weighted by Gasteiger charge is 2.30. The van der Waals surface area contributed by atoms with E-state index < -0.39 is 0 Å². The van der Waals surface area contributed by atoms with Crippen LogP contribution in [0.5, 0.6) is 0 Å². The Morgan fingerprint density at radius 2 is 2.22 bits per heavy atom. The molecule has 1 atom stereocenters. The lowest BCUT2D eigenvalue weighted by Gasteiger charge is -2.36. The Hall–Kier alpha value is -0.930. The monoisotopic (exact) mass is 251 g/mol. The van der Waals surface area contributed by atoms with E-state index >= 15 is 0 Å². The first kappa shape index (κ1) is 13.5. The van der Waals surface area contributed by atoms with E-state index in [0.717, 1.165) is 37.9 Å². The molecule has 1 aromatic rings. The quantitative estimate of drug-likeness (QED) is 0.843. The average Bonchev–Trinajstić information content (AvgIpc) is 2.26. The maximum atomic E-state index is 13.0. The Bertz CT molecular complexity index is 377. The molecule has 1 fully saturated rings. The van der Waals surface area contributed by atoms with Crippen LogP contribution in [0.25, 0.3) is 0 Å². The molecule has 0 bridgehead atoms. The Kier molecular flexibility index (Phi) is 4.72. The molecule has 2 nitrogen and oxygen atoms in total. The van der Waals surface area contributed by atoms with Crippen LogP contribution in [0.3, 0.4) is 0 Å². The van der Waals surface area contributed by atoms with Crippen LogP contribution in [-0.4, -0.2) is 18.8 Å². The average molecular weight is 251 g/mol. The first-order valence-electron chi connectivity index (χ1n) is 6.79. The van der Waals surface area contributed by atoms with Crippen LogP contribution in [0, 0.1) is 11.7 Å². The van der Waals surface area contributed by atoms with Crippen molar-refractivity contribution >= 4 is 0 Å². The van der Waals surface area contributed by atoms with Crippen molar-refractivity contribution in [1.29, 1.82) is 0 Å². The topological polar surface area (TPSA) is 35.2 Å². The van der Waals surface area contributed by atoms with Crippen molar-refractivity contribution in [3.8, 4) is 0 Å². The van der Waals surface area contributed by atoms with Crippen molar-refractivity contribution in [3.63, 3.8) is 0 Å². The summed E-state index contributed by atoms with van der Waals surface area (Å²) in [5, 5.41) is 0. The van der Waals surface area contributed by atoms with Gasteiger partial charge in [0, 0.05) is 12.6 Å². The van der Waals surface area contributed by atoms with Crippen molar-refractivity contribution in [2.24, 2.45) is 11.7 Å². The Morgan fingerprint density at radius 3 is 2.89 bits per heavy atom. The number of hydrogen-bond acceptors (Lipinski definition) is 2. The van der Waals surface area contributed by atoms with Gasteiger partial charge in [-0.05, 0) is 56.2 Å². The highest BCUT2D eigenvalue weighted by molar-refractivity contribution is 5.17. The van der Waals surface area contributed by atoms with Crippen molar-refractivity contribution in [1.82, 2.24) is 0 Å². The van der Waals surface area contributed by atoms with Gasteiger partial charge in [0.25, 0.3) is 0 Å². The number of hydrogen-bond donors (Lipinski definition) is 1. The molecule has 2 rings (SSSR count). The normalized spacial score (nSPS) is 24.6. The van der Waals surface area contributed by atoms with Crippen LogP contribution in [0.4, 0.5) is 4.39 Å². The van der Waals surface area contributed by atoms with Gasteiger partial charge in [-0.1, -0.05) is 12.1 Å². The minimum absolute atomic E-state index is 0.124. The molecule has 0 aliphatic heterocycles. The van der Waals surface area contributed by atoms with Gasteiger partial charge in [0.2, 0.25) is 0 Å². The molecule has 2 N–H and O–H groups in total. The molecule has 0 amide bonds. The van der Waals surface area contributed by atoms with E-state index in [1.165, 1.54) is 6.07 Å². The molecule has 3 heteroatoms. The second-order valence-corrected chi connectivity index (χ2v) is 5.24. The molecule has 0 saturated heterocycles. The lowest BCUT2D eigenvalue weighted by molar-refractivity contribution is -0.0280. The fourth-order valence-corrected chi connectivity index (χ4v) is 2.72. The summed E-state index contributed by atoms with van der Waals surface area (Å²) in [7, 11) is 0. The van der Waals surface area contributed by atoms with E-state index in [2.05, 4.69) is 0 Å². The summed E-state index contributed by atoms with van der Waals surface area (Å²) < 4.78 is 18.6. The molecule has 18 heavy (non-hydrogen) atoms. The minimum Gasteiger partial charge on any atom is -0.378 e. The molecule has 0 spiro atoms. The van der Waals surface area contributed by atoms with Crippen LogP contribution in [0.2, 0.25) is 0 Å². The standard InChI is InChI=1S/C15H22FNO/c1-2-18-15-9-12(10-15)8-14(17)7-11-4-3-5-13(16)6-11/h3-6,12,14-15H,2,7-10,17H2,1H3. The van der Waals surface area contributed by atoms with Gasteiger partial charge in [0.1, 0.15) is 5.82 Å². The van der Waals surface area contributed by atoms with Crippen LogP contribution in [0.1, 0.15) is 31.7 Å². The third-order valence-corrected chi connectivity index (χ3v) is 3.62. The van der Waals surface area contributed by atoms with E-state index in [1.807, 2.05) is 13.0 Å². The first-order chi connectivity index (χ1) is 8.67. The van der Waals surface area contributed by atoms with Crippen molar-refractivity contribution in [2.45, 2.75) is 44.8 Å². The van der Waals surface area contributed by atoms with Gasteiger partial charge in [-0.25, -0.2) is 4.39 Å². The van der Waals surface area contributed by atoms with Gasteiger partial charge in [-0.3, -0.25) is 0 Å². The maximum absolute atomic E-state index is 13.0. The van der Waals surface area contributed by atoms with Crippen LogP contribution in [-0.2, 0) is 11.2 Å². The number of ether oxygens (including phenoxy) is 1. The highest BCUT2D eigenvalue weighted by Crippen LogP contribution is 2.33. The van der Waals surface area contributed by atoms with Gasteiger partial charge in [0.15, 0.2) is 0 Å². The molecular formula is C15H22FNO. The van der Waals surface area contributed by atoms with Crippen LogP contribution < -0.4 is 5.73 Å². The number of benzene rings is 1. The van der Waals surface area contributed by atoms with Gasteiger partial charge in [0.05, 0.1) is 6.10 Å². The molecule has 100 valence electrons.